The normalized spacial score (nSPS) is 31.3. The minimum absolute atomic E-state index is 0.0401. The van der Waals surface area contributed by atoms with E-state index < -0.39 is 5.97 Å². The van der Waals surface area contributed by atoms with E-state index in [2.05, 4.69) is 15.4 Å². The van der Waals surface area contributed by atoms with E-state index in [1.54, 1.807) is 0 Å². The van der Waals surface area contributed by atoms with Crippen molar-refractivity contribution in [2.75, 3.05) is 13.7 Å². The predicted octanol–water partition coefficient (Wildman–Crippen LogP) is 0.586. The number of carbonyl (C=O) groups excluding carboxylic acids is 2. The van der Waals surface area contributed by atoms with Crippen molar-refractivity contribution < 1.29 is 14.3 Å². The standard InChI is InChI=1S/C13H22N2O3/c1-18-12(16)8-14-13(17)11-7-6-9-4-2-3-5-10(9)15-11/h9-11,15H,2-8H2,1H3,(H,14,17). The van der Waals surface area contributed by atoms with Crippen molar-refractivity contribution in [1.29, 1.82) is 0 Å². The second-order valence-electron chi connectivity index (χ2n) is 5.24. The first kappa shape index (κ1) is 13.3. The Morgan fingerprint density at radius 2 is 2.00 bits per heavy atom. The fourth-order valence-electron chi connectivity index (χ4n) is 3.06. The quantitative estimate of drug-likeness (QED) is 0.723. The molecule has 0 aromatic rings. The van der Waals surface area contributed by atoms with Crippen LogP contribution in [0, 0.1) is 5.92 Å². The summed E-state index contributed by atoms with van der Waals surface area (Å²) in [6.45, 7) is -0.0401. The van der Waals surface area contributed by atoms with E-state index in [-0.39, 0.29) is 18.5 Å². The van der Waals surface area contributed by atoms with Gasteiger partial charge < -0.3 is 15.4 Å². The fraction of sp³-hybridized carbons (Fsp3) is 0.846. The lowest BCUT2D eigenvalue weighted by molar-refractivity contribution is -0.141. The molecule has 1 saturated heterocycles. The summed E-state index contributed by atoms with van der Waals surface area (Å²) >= 11 is 0. The Bertz CT molecular complexity index is 319. The molecular weight excluding hydrogens is 232 g/mol. The molecule has 18 heavy (non-hydrogen) atoms. The van der Waals surface area contributed by atoms with Crippen LogP contribution in [0.3, 0.4) is 0 Å². The van der Waals surface area contributed by atoms with E-state index in [0.29, 0.717) is 6.04 Å². The number of carbonyl (C=O) groups is 2. The van der Waals surface area contributed by atoms with Gasteiger partial charge in [0.2, 0.25) is 5.91 Å². The molecule has 5 nitrogen and oxygen atoms in total. The first-order valence-electron chi connectivity index (χ1n) is 6.81. The van der Waals surface area contributed by atoms with Gasteiger partial charge >= 0.3 is 5.97 Å². The number of esters is 1. The number of nitrogens with one attached hydrogen (secondary N) is 2. The van der Waals surface area contributed by atoms with Crippen LogP contribution in [-0.2, 0) is 14.3 Å². The van der Waals surface area contributed by atoms with Crippen molar-refractivity contribution in [2.24, 2.45) is 5.92 Å². The van der Waals surface area contributed by atoms with Crippen LogP contribution in [-0.4, -0.2) is 37.6 Å². The lowest BCUT2D eigenvalue weighted by Gasteiger charge is -2.39. The van der Waals surface area contributed by atoms with E-state index in [1.807, 2.05) is 0 Å². The summed E-state index contributed by atoms with van der Waals surface area (Å²) in [7, 11) is 1.32. The summed E-state index contributed by atoms with van der Waals surface area (Å²) in [5.41, 5.74) is 0. The maximum atomic E-state index is 11.9. The number of methoxy groups -OCH3 is 1. The Kier molecular flexibility index (Phi) is 4.58. The van der Waals surface area contributed by atoms with Gasteiger partial charge in [-0.1, -0.05) is 12.8 Å². The third-order valence-corrected chi connectivity index (χ3v) is 4.10. The molecule has 2 fully saturated rings. The predicted molar refractivity (Wildman–Crippen MR) is 66.9 cm³/mol. The highest BCUT2D eigenvalue weighted by Gasteiger charge is 2.34. The zero-order chi connectivity index (χ0) is 13.0. The molecule has 1 heterocycles. The molecule has 0 radical (unpaired) electrons. The topological polar surface area (TPSA) is 67.4 Å². The lowest BCUT2D eigenvalue weighted by Crippen LogP contribution is -2.55. The highest BCUT2D eigenvalue weighted by molar-refractivity contribution is 5.85. The largest absolute Gasteiger partial charge is 0.468 e. The number of piperidine rings is 1. The van der Waals surface area contributed by atoms with E-state index in [0.717, 1.165) is 18.8 Å². The number of fused-ring (bicyclic) bond motifs is 1. The zero-order valence-corrected chi connectivity index (χ0v) is 10.9. The average molecular weight is 254 g/mol. The van der Waals surface area contributed by atoms with Crippen LogP contribution >= 0.6 is 0 Å². The minimum Gasteiger partial charge on any atom is -0.468 e. The van der Waals surface area contributed by atoms with Gasteiger partial charge in [0.05, 0.1) is 13.2 Å². The Labute approximate surface area is 108 Å². The van der Waals surface area contributed by atoms with Crippen molar-refractivity contribution >= 4 is 11.9 Å². The molecule has 1 saturated carbocycles. The second kappa shape index (κ2) is 6.18. The van der Waals surface area contributed by atoms with Crippen molar-refractivity contribution in [2.45, 2.75) is 50.6 Å². The van der Waals surface area contributed by atoms with Gasteiger partial charge in [0.15, 0.2) is 0 Å². The van der Waals surface area contributed by atoms with Crippen LogP contribution in [0.4, 0.5) is 0 Å². The van der Waals surface area contributed by atoms with E-state index >= 15 is 0 Å². The molecule has 1 amide bonds. The van der Waals surface area contributed by atoms with Gasteiger partial charge in [-0.05, 0) is 31.6 Å². The number of ether oxygens (including phenoxy) is 1. The fourth-order valence-corrected chi connectivity index (χ4v) is 3.06. The molecule has 0 aromatic heterocycles. The molecule has 102 valence electrons. The van der Waals surface area contributed by atoms with Gasteiger partial charge in [-0.2, -0.15) is 0 Å². The van der Waals surface area contributed by atoms with Crippen LogP contribution in [0.25, 0.3) is 0 Å². The Hall–Kier alpha value is -1.10. The number of amides is 1. The van der Waals surface area contributed by atoms with Gasteiger partial charge in [-0.3, -0.25) is 9.59 Å². The maximum absolute atomic E-state index is 11.9. The van der Waals surface area contributed by atoms with Crippen molar-refractivity contribution in [3.05, 3.63) is 0 Å². The van der Waals surface area contributed by atoms with Gasteiger partial charge in [-0.15, -0.1) is 0 Å². The molecule has 2 aliphatic rings. The lowest BCUT2D eigenvalue weighted by atomic mass is 9.77. The van der Waals surface area contributed by atoms with Crippen molar-refractivity contribution in [3.8, 4) is 0 Å². The first-order valence-corrected chi connectivity index (χ1v) is 6.81. The minimum atomic E-state index is -0.408. The van der Waals surface area contributed by atoms with Crippen LogP contribution < -0.4 is 10.6 Å². The van der Waals surface area contributed by atoms with E-state index in [9.17, 15) is 9.59 Å². The molecule has 2 rings (SSSR count). The molecule has 1 aliphatic carbocycles. The Morgan fingerprint density at radius 3 is 2.78 bits per heavy atom. The summed E-state index contributed by atoms with van der Waals surface area (Å²) < 4.78 is 4.50. The van der Waals surface area contributed by atoms with Gasteiger partial charge in [0.1, 0.15) is 6.54 Å². The molecule has 3 atom stereocenters. The second-order valence-corrected chi connectivity index (χ2v) is 5.24. The van der Waals surface area contributed by atoms with Crippen LogP contribution in [0.15, 0.2) is 0 Å². The molecular formula is C13H22N2O3. The van der Waals surface area contributed by atoms with Gasteiger partial charge in [0.25, 0.3) is 0 Å². The molecule has 0 bridgehead atoms. The highest BCUT2D eigenvalue weighted by atomic mass is 16.5. The SMILES string of the molecule is COC(=O)CNC(=O)C1CCC2CCCCC2N1. The zero-order valence-electron chi connectivity index (χ0n) is 10.9. The van der Waals surface area contributed by atoms with Gasteiger partial charge in [0, 0.05) is 6.04 Å². The molecule has 5 heteroatoms. The van der Waals surface area contributed by atoms with Crippen LogP contribution in [0.1, 0.15) is 38.5 Å². The Morgan fingerprint density at radius 1 is 1.22 bits per heavy atom. The number of rotatable bonds is 3. The van der Waals surface area contributed by atoms with E-state index in [4.69, 9.17) is 0 Å². The Balaban J connectivity index is 1.79. The van der Waals surface area contributed by atoms with Crippen LogP contribution in [0.5, 0.6) is 0 Å². The summed E-state index contributed by atoms with van der Waals surface area (Å²) in [5.74, 6) is 0.252. The average Bonchev–Trinajstić information content (AvgIpc) is 2.43. The smallest absolute Gasteiger partial charge is 0.325 e. The summed E-state index contributed by atoms with van der Waals surface area (Å²) in [5, 5.41) is 6.06. The molecule has 2 N–H and O–H groups in total. The summed E-state index contributed by atoms with van der Waals surface area (Å²) in [6.07, 6.45) is 7.02. The number of hydrogen-bond donors (Lipinski definition) is 2. The maximum Gasteiger partial charge on any atom is 0.325 e. The van der Waals surface area contributed by atoms with Gasteiger partial charge in [-0.25, -0.2) is 0 Å². The highest BCUT2D eigenvalue weighted by Crippen LogP contribution is 2.32. The third-order valence-electron chi connectivity index (χ3n) is 4.10. The first-order chi connectivity index (χ1) is 8.70. The van der Waals surface area contributed by atoms with E-state index in [1.165, 1.54) is 32.8 Å². The summed E-state index contributed by atoms with van der Waals surface area (Å²) in [6, 6.07) is 0.343. The molecule has 1 aliphatic heterocycles. The molecule has 0 aromatic carbocycles. The third kappa shape index (κ3) is 3.22. The van der Waals surface area contributed by atoms with Crippen LogP contribution in [0.2, 0.25) is 0 Å². The monoisotopic (exact) mass is 254 g/mol. The molecule has 3 unspecified atom stereocenters. The summed E-state index contributed by atoms with van der Waals surface area (Å²) in [4.78, 5) is 22.9. The molecule has 0 spiro atoms. The van der Waals surface area contributed by atoms with Crippen molar-refractivity contribution in [3.63, 3.8) is 0 Å². The van der Waals surface area contributed by atoms with Crippen molar-refractivity contribution in [1.82, 2.24) is 10.6 Å². The number of hydrogen-bond acceptors (Lipinski definition) is 4.